The third-order valence-electron chi connectivity index (χ3n) is 3.39. The van der Waals surface area contributed by atoms with Gasteiger partial charge < -0.3 is 10.6 Å². The lowest BCUT2D eigenvalue weighted by atomic mass is 10.2. The molecule has 1 fully saturated rings. The maximum atomic E-state index is 12.0. The second kappa shape index (κ2) is 5.76. The van der Waals surface area contributed by atoms with E-state index in [9.17, 15) is 13.2 Å². The standard InChI is InChI=1S/C13H15N5O3S/c19-13(16-10-5-6-22(20,21)7-10)17-11-3-1-2-4-12(11)18-9-14-8-15-18/h1-4,8-10H,5-7H2,(H2,16,17,19). The molecule has 1 unspecified atom stereocenters. The zero-order chi connectivity index (χ0) is 15.6. The van der Waals surface area contributed by atoms with Crippen molar-refractivity contribution in [2.24, 2.45) is 0 Å². The van der Waals surface area contributed by atoms with Gasteiger partial charge in [-0.2, -0.15) is 5.10 Å². The molecule has 0 saturated carbocycles. The minimum atomic E-state index is -3.02. The Hall–Kier alpha value is -2.42. The summed E-state index contributed by atoms with van der Waals surface area (Å²) in [6.45, 7) is 0. The Morgan fingerprint density at radius 2 is 2.14 bits per heavy atom. The predicted octanol–water partition coefficient (Wildman–Crippen LogP) is 0.576. The molecular weight excluding hydrogens is 306 g/mol. The molecule has 1 aliphatic rings. The van der Waals surface area contributed by atoms with Crippen LogP contribution < -0.4 is 10.6 Å². The highest BCUT2D eigenvalue weighted by Gasteiger charge is 2.29. The zero-order valence-corrected chi connectivity index (χ0v) is 12.5. The van der Waals surface area contributed by atoms with E-state index in [0.717, 1.165) is 0 Å². The van der Waals surface area contributed by atoms with Crippen LogP contribution in [0.1, 0.15) is 6.42 Å². The second-order valence-corrected chi connectivity index (χ2v) is 7.28. The Labute approximate surface area is 127 Å². The monoisotopic (exact) mass is 321 g/mol. The molecule has 22 heavy (non-hydrogen) atoms. The third-order valence-corrected chi connectivity index (χ3v) is 5.15. The molecule has 0 spiro atoms. The lowest BCUT2D eigenvalue weighted by Gasteiger charge is -2.14. The van der Waals surface area contributed by atoms with E-state index in [4.69, 9.17) is 0 Å². The molecule has 2 aromatic rings. The van der Waals surface area contributed by atoms with Gasteiger partial charge in [-0.1, -0.05) is 12.1 Å². The van der Waals surface area contributed by atoms with Gasteiger partial charge in [0.2, 0.25) is 0 Å². The number of sulfone groups is 1. The largest absolute Gasteiger partial charge is 0.334 e. The fourth-order valence-corrected chi connectivity index (χ4v) is 4.04. The summed E-state index contributed by atoms with van der Waals surface area (Å²) in [5, 5.41) is 9.43. The Morgan fingerprint density at radius 3 is 2.82 bits per heavy atom. The summed E-state index contributed by atoms with van der Waals surface area (Å²) in [7, 11) is -3.02. The highest BCUT2D eigenvalue weighted by Crippen LogP contribution is 2.19. The van der Waals surface area contributed by atoms with Gasteiger partial charge in [-0.15, -0.1) is 0 Å². The van der Waals surface area contributed by atoms with Gasteiger partial charge in [-0.05, 0) is 18.6 Å². The van der Waals surface area contributed by atoms with Gasteiger partial charge in [0.1, 0.15) is 12.7 Å². The van der Waals surface area contributed by atoms with Gasteiger partial charge >= 0.3 is 6.03 Å². The van der Waals surface area contributed by atoms with E-state index in [1.807, 2.05) is 6.07 Å². The van der Waals surface area contributed by atoms with E-state index >= 15 is 0 Å². The summed E-state index contributed by atoms with van der Waals surface area (Å²) in [4.78, 5) is 15.9. The first-order valence-electron chi connectivity index (χ1n) is 6.75. The smallest absolute Gasteiger partial charge is 0.319 e. The maximum Gasteiger partial charge on any atom is 0.319 e. The van der Waals surface area contributed by atoms with Crippen LogP contribution in [0.3, 0.4) is 0 Å². The second-order valence-electron chi connectivity index (χ2n) is 5.06. The number of nitrogens with one attached hydrogen (secondary N) is 2. The normalized spacial score (nSPS) is 19.7. The van der Waals surface area contributed by atoms with Crippen molar-refractivity contribution in [3.8, 4) is 5.69 Å². The molecule has 2 N–H and O–H groups in total. The van der Waals surface area contributed by atoms with Crippen molar-refractivity contribution in [3.63, 3.8) is 0 Å². The number of urea groups is 1. The minimum absolute atomic E-state index is 0.00879. The summed E-state index contributed by atoms with van der Waals surface area (Å²) in [6, 6.07) is 6.37. The Balaban J connectivity index is 1.70. The van der Waals surface area contributed by atoms with Crippen molar-refractivity contribution in [1.29, 1.82) is 0 Å². The van der Waals surface area contributed by atoms with E-state index in [1.54, 1.807) is 18.2 Å². The molecule has 9 heteroatoms. The average Bonchev–Trinajstić information content (AvgIpc) is 3.09. The fraction of sp³-hybridized carbons (Fsp3) is 0.308. The van der Waals surface area contributed by atoms with E-state index in [2.05, 4.69) is 20.7 Å². The maximum absolute atomic E-state index is 12.0. The van der Waals surface area contributed by atoms with Crippen molar-refractivity contribution in [2.45, 2.75) is 12.5 Å². The number of aromatic nitrogens is 3. The number of rotatable bonds is 3. The number of para-hydroxylation sites is 2. The minimum Gasteiger partial charge on any atom is -0.334 e. The molecule has 8 nitrogen and oxygen atoms in total. The molecule has 1 aromatic carbocycles. The van der Waals surface area contributed by atoms with E-state index < -0.39 is 15.9 Å². The molecule has 2 heterocycles. The summed E-state index contributed by atoms with van der Waals surface area (Å²) < 4.78 is 24.3. The van der Waals surface area contributed by atoms with Crippen LogP contribution in [0.25, 0.3) is 5.69 Å². The van der Waals surface area contributed by atoms with Crippen molar-refractivity contribution in [1.82, 2.24) is 20.1 Å². The van der Waals surface area contributed by atoms with Crippen LogP contribution >= 0.6 is 0 Å². The van der Waals surface area contributed by atoms with Gasteiger partial charge in [-0.3, -0.25) is 0 Å². The van der Waals surface area contributed by atoms with Crippen LogP contribution in [0, 0.1) is 0 Å². The Morgan fingerprint density at radius 1 is 1.32 bits per heavy atom. The van der Waals surface area contributed by atoms with Crippen molar-refractivity contribution >= 4 is 21.6 Å². The number of anilines is 1. The first-order valence-corrected chi connectivity index (χ1v) is 8.58. The first kappa shape index (κ1) is 14.5. The molecule has 3 rings (SSSR count). The van der Waals surface area contributed by atoms with E-state index in [-0.39, 0.29) is 17.5 Å². The molecular formula is C13H15N5O3S. The van der Waals surface area contributed by atoms with Gasteiger partial charge in [0.15, 0.2) is 9.84 Å². The number of carbonyl (C=O) groups is 1. The first-order chi connectivity index (χ1) is 10.5. The Kier molecular flexibility index (Phi) is 3.80. The van der Waals surface area contributed by atoms with Crippen LogP contribution in [0.4, 0.5) is 10.5 Å². The van der Waals surface area contributed by atoms with Crippen molar-refractivity contribution in [2.75, 3.05) is 16.8 Å². The van der Waals surface area contributed by atoms with Crippen LogP contribution in [0.15, 0.2) is 36.9 Å². The van der Waals surface area contributed by atoms with Gasteiger partial charge in [0.05, 0.1) is 22.9 Å². The molecule has 1 aliphatic heterocycles. The van der Waals surface area contributed by atoms with Crippen molar-refractivity contribution in [3.05, 3.63) is 36.9 Å². The molecule has 2 amide bonds. The highest BCUT2D eigenvalue weighted by molar-refractivity contribution is 7.91. The average molecular weight is 321 g/mol. The molecule has 116 valence electrons. The van der Waals surface area contributed by atoms with Gasteiger partial charge in [0, 0.05) is 6.04 Å². The molecule has 0 aliphatic carbocycles. The number of benzene rings is 1. The number of amides is 2. The Bertz CT molecular complexity index is 773. The summed E-state index contributed by atoms with van der Waals surface area (Å²) in [6.07, 6.45) is 3.38. The number of hydrogen-bond donors (Lipinski definition) is 2. The zero-order valence-electron chi connectivity index (χ0n) is 11.6. The quantitative estimate of drug-likeness (QED) is 0.860. The molecule has 1 saturated heterocycles. The number of nitrogens with zero attached hydrogens (tertiary/aromatic N) is 3. The van der Waals surface area contributed by atoms with Crippen LogP contribution in [-0.2, 0) is 9.84 Å². The fourth-order valence-electron chi connectivity index (χ4n) is 2.36. The van der Waals surface area contributed by atoms with Crippen LogP contribution in [-0.4, -0.2) is 46.8 Å². The number of hydrogen-bond acceptors (Lipinski definition) is 5. The van der Waals surface area contributed by atoms with E-state index in [0.29, 0.717) is 17.8 Å². The third kappa shape index (κ3) is 3.25. The molecule has 0 bridgehead atoms. The van der Waals surface area contributed by atoms with Crippen LogP contribution in [0.5, 0.6) is 0 Å². The van der Waals surface area contributed by atoms with Crippen LogP contribution in [0.2, 0.25) is 0 Å². The molecule has 0 radical (unpaired) electrons. The topological polar surface area (TPSA) is 106 Å². The lowest BCUT2D eigenvalue weighted by molar-refractivity contribution is 0.249. The summed E-state index contributed by atoms with van der Waals surface area (Å²) in [5.41, 5.74) is 1.24. The van der Waals surface area contributed by atoms with E-state index in [1.165, 1.54) is 17.3 Å². The molecule has 1 atom stereocenters. The highest BCUT2D eigenvalue weighted by atomic mass is 32.2. The summed E-state index contributed by atoms with van der Waals surface area (Å²) >= 11 is 0. The SMILES string of the molecule is O=C(Nc1ccccc1-n1cncn1)NC1CCS(=O)(=O)C1. The summed E-state index contributed by atoms with van der Waals surface area (Å²) in [5.74, 6) is 0.110. The lowest BCUT2D eigenvalue weighted by Crippen LogP contribution is -2.38. The van der Waals surface area contributed by atoms with Gasteiger partial charge in [0.25, 0.3) is 0 Å². The molecule has 1 aromatic heterocycles. The number of carbonyl (C=O) groups excluding carboxylic acids is 1. The predicted molar refractivity (Wildman–Crippen MR) is 80.6 cm³/mol. The van der Waals surface area contributed by atoms with Gasteiger partial charge in [-0.25, -0.2) is 22.9 Å². The van der Waals surface area contributed by atoms with Crippen molar-refractivity contribution < 1.29 is 13.2 Å².